The van der Waals surface area contributed by atoms with Gasteiger partial charge in [-0.25, -0.2) is 0 Å². The summed E-state index contributed by atoms with van der Waals surface area (Å²) in [7, 11) is 0. The first-order valence-electron chi connectivity index (χ1n) is 1.21. The molecule has 0 fully saturated rings. The third-order valence-electron chi connectivity index (χ3n) is 0. The molecule has 0 saturated heterocycles. The average Bonchev–Trinajstić information content (AvgIpc) is 0.918. The molecule has 47 valence electrons. The van der Waals surface area contributed by atoms with Crippen LogP contribution in [0.2, 0.25) is 0 Å². The zero-order chi connectivity index (χ0) is 2.71. The number of hydrogen-bond acceptors (Lipinski definition) is 0. The van der Waals surface area contributed by atoms with E-state index in [1.54, 1.807) is 0 Å². The molecule has 0 aliphatic heterocycles. The molecule has 0 heterocycles. The van der Waals surface area contributed by atoms with Gasteiger partial charge in [-0.05, 0) is 0 Å². The molecule has 0 saturated carbocycles. The van der Waals surface area contributed by atoms with Crippen LogP contribution in [-0.4, -0.2) is 0 Å². The molecule has 0 spiro atoms. The van der Waals surface area contributed by atoms with Gasteiger partial charge < -0.3 is 6.92 Å². The van der Waals surface area contributed by atoms with Crippen molar-refractivity contribution in [3.63, 3.8) is 0 Å². The van der Waals surface area contributed by atoms with E-state index < -0.39 is 0 Å². The Balaban J connectivity index is -0.00000000333. The maximum atomic E-state index is 3.49. The first-order valence-corrected chi connectivity index (χ1v) is 1.21. The summed E-state index contributed by atoms with van der Waals surface area (Å²) in [5.74, 6) is 0. The van der Waals surface area contributed by atoms with Gasteiger partial charge in [0.1, 0.15) is 0 Å². The van der Waals surface area contributed by atoms with Crippen LogP contribution in [0.15, 0.2) is 0 Å². The third kappa shape index (κ3) is 152. The topological polar surface area (TPSA) is 0 Å². The molecule has 0 nitrogen and oxygen atoms in total. The molecule has 0 unspecified atom stereocenters. The minimum atomic E-state index is 0. The Labute approximate surface area is 75.0 Å². The molecule has 0 aliphatic rings. The molecule has 0 rings (SSSR count). The summed E-state index contributed by atoms with van der Waals surface area (Å²) in [4.78, 5) is 0. The summed E-state index contributed by atoms with van der Waals surface area (Å²) < 4.78 is 0. The summed E-state index contributed by atoms with van der Waals surface area (Å²) in [6.07, 6.45) is 1.00. The van der Waals surface area contributed by atoms with Crippen LogP contribution < -0.4 is 0 Å². The van der Waals surface area contributed by atoms with Gasteiger partial charge in [0.25, 0.3) is 0 Å². The van der Waals surface area contributed by atoms with Crippen LogP contribution in [0.4, 0.5) is 0 Å². The monoisotopic (exact) mass is 180 g/mol. The average molecular weight is 180 g/mol. The second-order valence-corrected chi connectivity index (χ2v) is 0.500. The Morgan fingerprint density at radius 3 is 1.14 bits per heavy atom. The third-order valence-corrected chi connectivity index (χ3v) is 0. The van der Waals surface area contributed by atoms with Gasteiger partial charge in [-0.15, -0.1) is 0 Å². The number of hydrogen-bond donors (Lipinski definition) is 0. The van der Waals surface area contributed by atoms with E-state index in [0.717, 1.165) is 6.42 Å². The molecule has 1 radical (unpaired) electrons. The summed E-state index contributed by atoms with van der Waals surface area (Å²) in [6, 6.07) is 0. The second-order valence-electron chi connectivity index (χ2n) is 0.500. The first kappa shape index (κ1) is 42.4. The van der Waals surface area contributed by atoms with Crippen molar-refractivity contribution in [1.82, 2.24) is 0 Å². The van der Waals surface area contributed by atoms with Crippen molar-refractivity contribution < 1.29 is 32.7 Å². The summed E-state index contributed by atoms with van der Waals surface area (Å²) in [5, 5.41) is 0. The van der Waals surface area contributed by atoms with Gasteiger partial charge in [0.05, 0.1) is 0 Å². The molecule has 0 aromatic carbocycles. The van der Waals surface area contributed by atoms with Gasteiger partial charge >= 0.3 is 0 Å². The van der Waals surface area contributed by atoms with E-state index in [-0.39, 0.29) is 55.0 Å². The van der Waals surface area contributed by atoms with Crippen LogP contribution >= 0.6 is 0 Å². The van der Waals surface area contributed by atoms with E-state index in [2.05, 4.69) is 6.92 Å². The Morgan fingerprint density at radius 2 is 1.14 bits per heavy atom. The fraction of sp³-hybridized carbons (Fsp3) is 0.833. The van der Waals surface area contributed by atoms with E-state index >= 15 is 0 Å². The van der Waals surface area contributed by atoms with Gasteiger partial charge in [-0.3, -0.25) is 0 Å². The van der Waals surface area contributed by atoms with E-state index in [1.165, 1.54) is 0 Å². The van der Waals surface area contributed by atoms with Crippen molar-refractivity contribution in [1.29, 1.82) is 0 Å². The van der Waals surface area contributed by atoms with E-state index in [4.69, 9.17) is 0 Å². The standard InChI is InChI=1S/C3H7.3CH4.Y/c1-3-2;;;;/h1,3H2,2H3;3*1H4;/q-1;;;;. The zero-order valence-corrected chi connectivity index (χ0v) is 5.83. The molecule has 0 aromatic heterocycles. The Hall–Kier alpha value is 1.10. The van der Waals surface area contributed by atoms with Gasteiger partial charge in [-0.2, -0.15) is 6.42 Å². The van der Waals surface area contributed by atoms with Crippen molar-refractivity contribution >= 4 is 0 Å². The smallest absolute Gasteiger partial charge is 0 e. The van der Waals surface area contributed by atoms with Crippen LogP contribution in [0.3, 0.4) is 0 Å². The minimum Gasteiger partial charge on any atom is -0.344 e. The molecule has 0 aliphatic carbocycles. The van der Waals surface area contributed by atoms with Gasteiger partial charge in [-0.1, -0.05) is 29.2 Å². The molecule has 0 bridgehead atoms. The molecule has 0 N–H and O–H groups in total. The Morgan fingerprint density at radius 1 is 1.14 bits per heavy atom. The van der Waals surface area contributed by atoms with Gasteiger partial charge in [0.15, 0.2) is 0 Å². The van der Waals surface area contributed by atoms with Crippen molar-refractivity contribution in [2.75, 3.05) is 0 Å². The fourth-order valence-corrected chi connectivity index (χ4v) is 0. The Bertz CT molecular complexity index is 4.14. The fourth-order valence-electron chi connectivity index (χ4n) is 0. The molecular formula is C6H19Y-. The van der Waals surface area contributed by atoms with Crippen LogP contribution in [-0.2, 0) is 32.7 Å². The summed E-state index contributed by atoms with van der Waals surface area (Å²) in [6.45, 7) is 5.50. The molecular weight excluding hydrogens is 161 g/mol. The van der Waals surface area contributed by atoms with Crippen LogP contribution in [0.5, 0.6) is 0 Å². The quantitative estimate of drug-likeness (QED) is 0.502. The second kappa shape index (κ2) is 59.8. The number of rotatable bonds is 0. The molecule has 0 atom stereocenters. The maximum absolute atomic E-state index is 3.49. The summed E-state index contributed by atoms with van der Waals surface area (Å²) in [5.41, 5.74) is 0. The zero-order valence-electron chi connectivity index (χ0n) is 2.99. The maximum Gasteiger partial charge on any atom is 0 e. The molecule has 1 heteroatoms. The molecule has 0 amide bonds. The van der Waals surface area contributed by atoms with Crippen LogP contribution in [0.1, 0.15) is 35.6 Å². The van der Waals surface area contributed by atoms with E-state index in [9.17, 15) is 0 Å². The SMILES string of the molecule is C.C.C.[CH2-]CC.[Y]. The van der Waals surface area contributed by atoms with Crippen LogP contribution in [0, 0.1) is 6.92 Å². The Kier molecular flexibility index (Phi) is 363. The molecule has 0 aromatic rings. The predicted octanol–water partition coefficient (Wildman–Crippen LogP) is 3.14. The van der Waals surface area contributed by atoms with E-state index in [1.807, 2.05) is 6.92 Å². The van der Waals surface area contributed by atoms with Crippen molar-refractivity contribution in [3.05, 3.63) is 6.92 Å². The molecule has 7 heavy (non-hydrogen) atoms. The van der Waals surface area contributed by atoms with Crippen molar-refractivity contribution in [2.45, 2.75) is 35.6 Å². The first-order chi connectivity index (χ1) is 1.41. The van der Waals surface area contributed by atoms with Crippen molar-refractivity contribution in [2.24, 2.45) is 0 Å². The van der Waals surface area contributed by atoms with E-state index in [0.29, 0.717) is 0 Å². The van der Waals surface area contributed by atoms with Crippen LogP contribution in [0.25, 0.3) is 0 Å². The minimum absolute atomic E-state index is 0. The van der Waals surface area contributed by atoms with Gasteiger partial charge in [0, 0.05) is 32.7 Å². The summed E-state index contributed by atoms with van der Waals surface area (Å²) >= 11 is 0. The van der Waals surface area contributed by atoms with Crippen molar-refractivity contribution in [3.8, 4) is 0 Å². The normalized spacial score (nSPS) is 2.57. The largest absolute Gasteiger partial charge is 0.344 e. The predicted molar refractivity (Wildman–Crippen MR) is 35.8 cm³/mol. The van der Waals surface area contributed by atoms with Gasteiger partial charge in [0.2, 0.25) is 0 Å².